The molecule has 292 valence electrons. The van der Waals surface area contributed by atoms with Gasteiger partial charge in [-0.3, -0.25) is 13.5 Å². The second-order valence-corrected chi connectivity index (χ2v) is 15.4. The SMILES string of the molecule is COc1ccc(N=Nc2ccc(N=Nc3cc(OCCCCS(=O)(=O)O)c(N=Nc4c(C)c(C#N)c5nc6ccccc6n5c4O)cc3C)c(S(=O)(=O)O)c2)cc1. The van der Waals surface area contributed by atoms with Crippen LogP contribution in [0.2, 0.25) is 0 Å². The van der Waals surface area contributed by atoms with Gasteiger partial charge in [0.2, 0.25) is 5.88 Å². The van der Waals surface area contributed by atoms with E-state index >= 15 is 0 Å². The maximum absolute atomic E-state index is 12.4. The van der Waals surface area contributed by atoms with E-state index in [-0.39, 0.29) is 70.7 Å². The van der Waals surface area contributed by atoms with E-state index in [9.17, 15) is 31.8 Å². The highest BCUT2D eigenvalue weighted by molar-refractivity contribution is 7.86. The van der Waals surface area contributed by atoms with Crippen molar-refractivity contribution in [1.29, 1.82) is 5.26 Å². The molecule has 0 saturated carbocycles. The molecule has 20 heteroatoms. The first-order valence-electron chi connectivity index (χ1n) is 16.9. The van der Waals surface area contributed by atoms with E-state index in [4.69, 9.17) is 14.0 Å². The molecule has 0 unspecified atom stereocenters. The van der Waals surface area contributed by atoms with Crippen molar-refractivity contribution >= 4 is 71.0 Å². The quantitative estimate of drug-likeness (QED) is 0.0530. The van der Waals surface area contributed by atoms with Gasteiger partial charge >= 0.3 is 0 Å². The first kappa shape index (κ1) is 40.0. The fourth-order valence-corrected chi connectivity index (χ4v) is 6.80. The summed E-state index contributed by atoms with van der Waals surface area (Å²) >= 11 is 0. The number of ether oxygens (including phenoxy) is 2. The van der Waals surface area contributed by atoms with Crippen LogP contribution in [-0.2, 0) is 20.2 Å². The molecule has 0 aliphatic heterocycles. The van der Waals surface area contributed by atoms with E-state index in [1.165, 1.54) is 29.7 Å². The molecule has 2 aromatic heterocycles. The average Bonchev–Trinajstić information content (AvgIpc) is 3.56. The molecular formula is C37H33N9O9S2. The van der Waals surface area contributed by atoms with E-state index in [0.29, 0.717) is 33.6 Å². The highest BCUT2D eigenvalue weighted by Gasteiger charge is 2.21. The molecule has 2 heterocycles. The van der Waals surface area contributed by atoms with Gasteiger partial charge in [-0.15, -0.1) is 15.3 Å². The minimum Gasteiger partial charge on any atom is -0.497 e. The number of fused-ring (bicyclic) bond motifs is 3. The van der Waals surface area contributed by atoms with E-state index < -0.39 is 30.9 Å². The molecule has 4 aromatic carbocycles. The van der Waals surface area contributed by atoms with Crippen molar-refractivity contribution in [1.82, 2.24) is 9.38 Å². The van der Waals surface area contributed by atoms with Crippen LogP contribution in [0.15, 0.2) is 114 Å². The number of unbranched alkanes of at least 4 members (excludes halogenated alkanes) is 1. The average molecular weight is 812 g/mol. The Morgan fingerprint density at radius 2 is 1.49 bits per heavy atom. The second-order valence-electron chi connectivity index (χ2n) is 12.4. The molecule has 6 aromatic rings. The standard InChI is InChI=1S/C37H33N9O9S2/c1-22-18-31(44-45-35-23(2)27(21-38)36-39-28-8-4-5-9-32(28)46(36)37(35)47)33(55-16-6-7-17-56(48,49)50)20-30(22)43-42-29-15-12-25(19-34(29)57(51,52)53)41-40-24-10-13-26(54-3)14-11-24/h4-5,8-15,18-20,47H,6-7,16-17H2,1-3H3,(H,48,49,50)(H,51,52,53). The molecule has 0 aliphatic carbocycles. The van der Waals surface area contributed by atoms with Crippen LogP contribution in [-0.4, -0.2) is 59.9 Å². The zero-order chi connectivity index (χ0) is 40.9. The zero-order valence-electron chi connectivity index (χ0n) is 30.5. The fourth-order valence-electron chi connectivity index (χ4n) is 5.58. The van der Waals surface area contributed by atoms with Gasteiger partial charge in [-0.25, -0.2) is 4.98 Å². The lowest BCUT2D eigenvalue weighted by molar-refractivity contribution is 0.310. The number of aryl methyl sites for hydroxylation is 1. The third-order valence-electron chi connectivity index (χ3n) is 8.48. The highest BCUT2D eigenvalue weighted by Crippen LogP contribution is 2.41. The number of aromatic nitrogens is 2. The van der Waals surface area contributed by atoms with Gasteiger partial charge in [0.05, 0.1) is 47.6 Å². The van der Waals surface area contributed by atoms with Crippen LogP contribution in [0.4, 0.5) is 34.1 Å². The Kier molecular flexibility index (Phi) is 11.7. The molecule has 3 N–H and O–H groups in total. The lowest BCUT2D eigenvalue weighted by Crippen LogP contribution is -2.06. The topological polar surface area (TPSA) is 263 Å². The van der Waals surface area contributed by atoms with Gasteiger partial charge in [-0.2, -0.15) is 37.4 Å². The summed E-state index contributed by atoms with van der Waals surface area (Å²) in [5.41, 5.74) is 3.02. The molecule has 0 atom stereocenters. The van der Waals surface area contributed by atoms with E-state index in [1.807, 2.05) is 0 Å². The van der Waals surface area contributed by atoms with Crippen molar-refractivity contribution in [2.75, 3.05) is 19.5 Å². The van der Waals surface area contributed by atoms with Gasteiger partial charge in [0.15, 0.2) is 11.3 Å². The maximum Gasteiger partial charge on any atom is 0.296 e. The Balaban J connectivity index is 1.35. The van der Waals surface area contributed by atoms with Crippen LogP contribution >= 0.6 is 0 Å². The van der Waals surface area contributed by atoms with Crippen LogP contribution in [0.1, 0.15) is 29.5 Å². The smallest absolute Gasteiger partial charge is 0.296 e. The Labute approximate surface area is 326 Å². The number of hydrogen-bond acceptors (Lipinski definition) is 15. The Hall–Kier alpha value is -6.66. The number of nitriles is 1. The molecule has 0 fully saturated rings. The number of benzene rings is 4. The zero-order valence-corrected chi connectivity index (χ0v) is 32.1. The lowest BCUT2D eigenvalue weighted by Gasteiger charge is -2.12. The lowest BCUT2D eigenvalue weighted by atomic mass is 10.1. The minimum atomic E-state index is -4.80. The summed E-state index contributed by atoms with van der Waals surface area (Å²) in [5, 5.41) is 46.6. The predicted molar refractivity (Wildman–Crippen MR) is 208 cm³/mol. The monoisotopic (exact) mass is 811 g/mol. The number of pyridine rings is 1. The van der Waals surface area contributed by atoms with Crippen LogP contribution in [0.3, 0.4) is 0 Å². The van der Waals surface area contributed by atoms with Gasteiger partial charge in [0, 0.05) is 11.6 Å². The fraction of sp³-hybridized carbons (Fsp3) is 0.189. The molecule has 0 aliphatic rings. The highest BCUT2D eigenvalue weighted by atomic mass is 32.2. The molecule has 0 saturated heterocycles. The first-order valence-corrected chi connectivity index (χ1v) is 20.0. The van der Waals surface area contributed by atoms with Crippen LogP contribution in [0, 0.1) is 25.2 Å². The minimum absolute atomic E-state index is 0.00699. The summed E-state index contributed by atoms with van der Waals surface area (Å²) in [6, 6.07) is 22.6. The van der Waals surface area contributed by atoms with Crippen LogP contribution in [0.5, 0.6) is 17.4 Å². The van der Waals surface area contributed by atoms with Crippen molar-refractivity contribution in [2.45, 2.75) is 31.6 Å². The van der Waals surface area contributed by atoms with Crippen molar-refractivity contribution in [3.8, 4) is 23.4 Å². The van der Waals surface area contributed by atoms with Gasteiger partial charge in [-0.1, -0.05) is 12.1 Å². The number of para-hydroxylation sites is 2. The van der Waals surface area contributed by atoms with Crippen molar-refractivity contribution in [2.24, 2.45) is 30.7 Å². The molecule has 6 rings (SSSR count). The molecule has 0 amide bonds. The summed E-state index contributed by atoms with van der Waals surface area (Å²) in [5.74, 6) is -0.0683. The molecular weight excluding hydrogens is 779 g/mol. The third-order valence-corrected chi connectivity index (χ3v) is 10.2. The van der Waals surface area contributed by atoms with E-state index in [2.05, 4.69) is 41.7 Å². The van der Waals surface area contributed by atoms with Gasteiger partial charge in [0.25, 0.3) is 20.2 Å². The van der Waals surface area contributed by atoms with Gasteiger partial charge < -0.3 is 14.6 Å². The number of methoxy groups -OCH3 is 1. The molecule has 57 heavy (non-hydrogen) atoms. The number of azo groups is 3. The summed E-state index contributed by atoms with van der Waals surface area (Å²) in [6.45, 7) is 3.24. The van der Waals surface area contributed by atoms with Crippen molar-refractivity contribution in [3.63, 3.8) is 0 Å². The van der Waals surface area contributed by atoms with Crippen LogP contribution < -0.4 is 9.47 Å². The van der Waals surface area contributed by atoms with Crippen molar-refractivity contribution in [3.05, 3.63) is 95.6 Å². The largest absolute Gasteiger partial charge is 0.497 e. The van der Waals surface area contributed by atoms with Gasteiger partial charge in [0.1, 0.15) is 39.4 Å². The van der Waals surface area contributed by atoms with E-state index in [1.54, 1.807) is 68.4 Å². The first-order chi connectivity index (χ1) is 27.2. The number of aromatic hydroxyl groups is 1. The number of hydrogen-bond donors (Lipinski definition) is 3. The summed E-state index contributed by atoms with van der Waals surface area (Å²) in [6.07, 6.45) is 0.307. The summed E-state index contributed by atoms with van der Waals surface area (Å²) in [7, 11) is -7.46. The number of imidazole rings is 1. The molecule has 18 nitrogen and oxygen atoms in total. The molecule has 0 bridgehead atoms. The molecule has 0 radical (unpaired) electrons. The Morgan fingerprint density at radius 1 is 0.807 bits per heavy atom. The maximum atomic E-state index is 12.4. The van der Waals surface area contributed by atoms with E-state index in [0.717, 1.165) is 6.07 Å². The summed E-state index contributed by atoms with van der Waals surface area (Å²) in [4.78, 5) is 3.93. The summed E-state index contributed by atoms with van der Waals surface area (Å²) < 4.78 is 78.8. The number of nitrogens with zero attached hydrogens (tertiary/aromatic N) is 9. The molecule has 0 spiro atoms. The van der Waals surface area contributed by atoms with Crippen LogP contribution in [0.25, 0.3) is 16.7 Å². The predicted octanol–water partition coefficient (Wildman–Crippen LogP) is 9.23. The number of rotatable bonds is 14. The van der Waals surface area contributed by atoms with Crippen molar-refractivity contribution < 1.29 is 40.5 Å². The Morgan fingerprint density at radius 3 is 2.19 bits per heavy atom. The third kappa shape index (κ3) is 9.25. The van der Waals surface area contributed by atoms with Gasteiger partial charge in [-0.05, 0) is 92.9 Å². The second kappa shape index (κ2) is 16.6. The normalized spacial score (nSPS) is 12.4. The Bertz CT molecular complexity index is 2870.